The molecule has 8 nitrogen and oxygen atoms in total. The van der Waals surface area contributed by atoms with Crippen LogP contribution in [0.5, 0.6) is 11.5 Å². The highest BCUT2D eigenvalue weighted by atomic mass is 16.5. The van der Waals surface area contributed by atoms with Crippen LogP contribution in [0.2, 0.25) is 0 Å². The van der Waals surface area contributed by atoms with Gasteiger partial charge in [-0.05, 0) is 43.3 Å². The molecule has 0 atom stereocenters. The van der Waals surface area contributed by atoms with E-state index in [0.29, 0.717) is 40.0 Å². The number of aryl methyl sites for hydroxylation is 1. The number of carbonyl (C=O) groups is 2. The third-order valence-corrected chi connectivity index (χ3v) is 4.76. The SMILES string of the molecule is COC(=O)c1cc(-c2cc(/C=C/c3cccc(OC)c3OC)nc(C)n2)ccc1NC(C)=O. The second-order valence-electron chi connectivity index (χ2n) is 7.07. The van der Waals surface area contributed by atoms with Gasteiger partial charge in [-0.15, -0.1) is 0 Å². The number of benzene rings is 2. The molecule has 1 heterocycles. The quantitative estimate of drug-likeness (QED) is 0.536. The Labute approximate surface area is 192 Å². The number of methoxy groups -OCH3 is 3. The Morgan fingerprint density at radius 1 is 0.970 bits per heavy atom. The van der Waals surface area contributed by atoms with E-state index in [-0.39, 0.29) is 11.5 Å². The molecule has 8 heteroatoms. The maximum absolute atomic E-state index is 12.3. The van der Waals surface area contributed by atoms with E-state index < -0.39 is 5.97 Å². The van der Waals surface area contributed by atoms with Crippen molar-refractivity contribution in [2.75, 3.05) is 26.6 Å². The molecular formula is C25H25N3O5. The number of carbonyl (C=O) groups excluding carboxylic acids is 2. The fraction of sp³-hybridized carbons (Fsp3) is 0.200. The van der Waals surface area contributed by atoms with Crippen LogP contribution in [0, 0.1) is 6.92 Å². The molecule has 1 N–H and O–H groups in total. The highest BCUT2D eigenvalue weighted by Gasteiger charge is 2.15. The summed E-state index contributed by atoms with van der Waals surface area (Å²) in [6, 6.07) is 12.5. The van der Waals surface area contributed by atoms with Crippen LogP contribution in [-0.4, -0.2) is 43.2 Å². The molecule has 0 unspecified atom stereocenters. The van der Waals surface area contributed by atoms with Gasteiger partial charge in [0, 0.05) is 18.1 Å². The molecule has 3 rings (SSSR count). The van der Waals surface area contributed by atoms with Gasteiger partial charge >= 0.3 is 5.97 Å². The van der Waals surface area contributed by atoms with Gasteiger partial charge in [-0.25, -0.2) is 14.8 Å². The average molecular weight is 447 g/mol. The van der Waals surface area contributed by atoms with E-state index in [1.54, 1.807) is 39.3 Å². The predicted molar refractivity (Wildman–Crippen MR) is 126 cm³/mol. The molecule has 0 aliphatic carbocycles. The summed E-state index contributed by atoms with van der Waals surface area (Å²) in [5.74, 6) is 0.977. The lowest BCUT2D eigenvalue weighted by Crippen LogP contribution is -2.12. The normalized spacial score (nSPS) is 10.7. The first kappa shape index (κ1) is 23.5. The highest BCUT2D eigenvalue weighted by molar-refractivity contribution is 6.01. The van der Waals surface area contributed by atoms with Gasteiger partial charge in [0.05, 0.1) is 44.0 Å². The van der Waals surface area contributed by atoms with E-state index in [1.807, 2.05) is 36.4 Å². The average Bonchev–Trinajstić information content (AvgIpc) is 2.81. The van der Waals surface area contributed by atoms with Crippen molar-refractivity contribution in [1.29, 1.82) is 0 Å². The number of esters is 1. The van der Waals surface area contributed by atoms with Crippen LogP contribution in [-0.2, 0) is 9.53 Å². The van der Waals surface area contributed by atoms with E-state index >= 15 is 0 Å². The zero-order chi connectivity index (χ0) is 24.0. The second kappa shape index (κ2) is 10.4. The fourth-order valence-electron chi connectivity index (χ4n) is 3.32. The van der Waals surface area contributed by atoms with Crippen LogP contribution in [0.3, 0.4) is 0 Å². The summed E-state index contributed by atoms with van der Waals surface area (Å²) in [4.78, 5) is 32.7. The highest BCUT2D eigenvalue weighted by Crippen LogP contribution is 2.32. The maximum Gasteiger partial charge on any atom is 0.339 e. The van der Waals surface area contributed by atoms with Crippen molar-refractivity contribution in [3.05, 3.63) is 65.1 Å². The second-order valence-corrected chi connectivity index (χ2v) is 7.07. The molecule has 0 aliphatic heterocycles. The van der Waals surface area contributed by atoms with Gasteiger partial charge in [0.15, 0.2) is 11.5 Å². The van der Waals surface area contributed by atoms with Crippen molar-refractivity contribution in [2.45, 2.75) is 13.8 Å². The predicted octanol–water partition coefficient (Wildman–Crippen LogP) is 4.38. The van der Waals surface area contributed by atoms with Crippen LogP contribution in [0.1, 0.15) is 34.4 Å². The van der Waals surface area contributed by atoms with Gasteiger partial charge in [-0.1, -0.05) is 18.2 Å². The number of anilines is 1. The van der Waals surface area contributed by atoms with Crippen molar-refractivity contribution in [1.82, 2.24) is 9.97 Å². The van der Waals surface area contributed by atoms with Crippen molar-refractivity contribution in [2.24, 2.45) is 0 Å². The molecule has 1 amide bonds. The number of amides is 1. The summed E-state index contributed by atoms with van der Waals surface area (Å²) < 4.78 is 15.7. The summed E-state index contributed by atoms with van der Waals surface area (Å²) in [7, 11) is 4.47. The molecule has 0 aliphatic rings. The van der Waals surface area contributed by atoms with Gasteiger partial charge in [-0.3, -0.25) is 4.79 Å². The Hall–Kier alpha value is -4.20. The molecule has 0 saturated carbocycles. The molecule has 3 aromatic rings. The van der Waals surface area contributed by atoms with Crippen LogP contribution in [0.25, 0.3) is 23.4 Å². The zero-order valence-corrected chi connectivity index (χ0v) is 19.1. The lowest BCUT2D eigenvalue weighted by atomic mass is 10.0. The zero-order valence-electron chi connectivity index (χ0n) is 19.1. The number of hydrogen-bond acceptors (Lipinski definition) is 7. The lowest BCUT2D eigenvalue weighted by Gasteiger charge is -2.11. The van der Waals surface area contributed by atoms with Crippen LogP contribution >= 0.6 is 0 Å². The van der Waals surface area contributed by atoms with E-state index in [9.17, 15) is 9.59 Å². The minimum atomic E-state index is -0.559. The molecule has 170 valence electrons. The molecule has 33 heavy (non-hydrogen) atoms. The van der Waals surface area contributed by atoms with Gasteiger partial charge in [0.25, 0.3) is 0 Å². The van der Waals surface area contributed by atoms with Crippen LogP contribution in [0.4, 0.5) is 5.69 Å². The van der Waals surface area contributed by atoms with Gasteiger partial charge < -0.3 is 19.5 Å². The minimum Gasteiger partial charge on any atom is -0.493 e. The Morgan fingerprint density at radius 3 is 2.42 bits per heavy atom. The third kappa shape index (κ3) is 5.54. The standard InChI is InChI=1S/C25H25N3O5/c1-15-26-19(11-9-17-7-6-8-23(31-3)24(17)32-4)14-22(27-15)18-10-12-21(28-16(2)29)20(13-18)25(30)33-5/h6-14H,1-5H3,(H,28,29)/b11-9+. The first-order valence-electron chi connectivity index (χ1n) is 10.1. The number of hydrogen-bond donors (Lipinski definition) is 1. The molecule has 0 radical (unpaired) electrons. The summed E-state index contributed by atoms with van der Waals surface area (Å²) >= 11 is 0. The number of aromatic nitrogens is 2. The summed E-state index contributed by atoms with van der Waals surface area (Å²) in [6.45, 7) is 3.17. The lowest BCUT2D eigenvalue weighted by molar-refractivity contribution is -0.114. The Balaban J connectivity index is 2.01. The van der Waals surface area contributed by atoms with E-state index in [0.717, 1.165) is 5.56 Å². The van der Waals surface area contributed by atoms with Gasteiger partial charge in [-0.2, -0.15) is 0 Å². The number of nitrogens with one attached hydrogen (secondary N) is 1. The Bertz CT molecular complexity index is 1220. The number of rotatable bonds is 7. The van der Waals surface area contributed by atoms with Crippen molar-refractivity contribution >= 4 is 29.7 Å². The van der Waals surface area contributed by atoms with Crippen LogP contribution < -0.4 is 14.8 Å². The summed E-state index contributed by atoms with van der Waals surface area (Å²) in [5, 5.41) is 2.64. The first-order valence-corrected chi connectivity index (χ1v) is 10.1. The number of ether oxygens (including phenoxy) is 3. The summed E-state index contributed by atoms with van der Waals surface area (Å²) in [6.07, 6.45) is 3.73. The molecule has 0 fully saturated rings. The summed E-state index contributed by atoms with van der Waals surface area (Å²) in [5.41, 5.74) is 3.42. The van der Waals surface area contributed by atoms with Gasteiger partial charge in [0.2, 0.25) is 5.91 Å². The molecule has 2 aromatic carbocycles. The molecule has 0 bridgehead atoms. The van der Waals surface area contributed by atoms with E-state index in [1.165, 1.54) is 14.0 Å². The van der Waals surface area contributed by atoms with E-state index in [4.69, 9.17) is 14.2 Å². The molecule has 0 spiro atoms. The topological polar surface area (TPSA) is 99.6 Å². The Kier molecular flexibility index (Phi) is 7.40. The molecule has 0 saturated heterocycles. The maximum atomic E-state index is 12.3. The molecule has 1 aromatic heterocycles. The van der Waals surface area contributed by atoms with Crippen molar-refractivity contribution in [3.8, 4) is 22.8 Å². The van der Waals surface area contributed by atoms with Crippen LogP contribution in [0.15, 0.2) is 42.5 Å². The number of nitrogens with zero attached hydrogens (tertiary/aromatic N) is 2. The monoisotopic (exact) mass is 447 g/mol. The largest absolute Gasteiger partial charge is 0.493 e. The smallest absolute Gasteiger partial charge is 0.339 e. The minimum absolute atomic E-state index is 0.236. The number of para-hydroxylation sites is 1. The van der Waals surface area contributed by atoms with Gasteiger partial charge in [0.1, 0.15) is 5.82 Å². The first-order chi connectivity index (χ1) is 15.9. The third-order valence-electron chi connectivity index (χ3n) is 4.76. The van der Waals surface area contributed by atoms with Crippen molar-refractivity contribution < 1.29 is 23.8 Å². The van der Waals surface area contributed by atoms with E-state index in [2.05, 4.69) is 15.3 Å². The van der Waals surface area contributed by atoms with Crippen molar-refractivity contribution in [3.63, 3.8) is 0 Å². The fourth-order valence-corrected chi connectivity index (χ4v) is 3.32. The molecular weight excluding hydrogens is 422 g/mol. The Morgan fingerprint density at radius 2 is 1.76 bits per heavy atom.